The molecule has 1 atom stereocenters. The Balaban J connectivity index is 2.68. The number of aromatic nitrogens is 2. The molecule has 1 N–H and O–H groups in total. The van der Waals surface area contributed by atoms with Gasteiger partial charge in [0.25, 0.3) is 0 Å². The summed E-state index contributed by atoms with van der Waals surface area (Å²) >= 11 is 6.11. The third-order valence-electron chi connectivity index (χ3n) is 2.35. The number of hydrogen-bond donors (Lipinski definition) is 1. The Bertz CT molecular complexity index is 295. The molecule has 0 aliphatic carbocycles. The highest BCUT2D eigenvalue weighted by Crippen LogP contribution is 2.22. The molecule has 16 heavy (non-hydrogen) atoms. The van der Waals surface area contributed by atoms with E-state index in [1.165, 1.54) is 0 Å². The summed E-state index contributed by atoms with van der Waals surface area (Å²) in [5, 5.41) is 8.18. The highest BCUT2D eigenvalue weighted by molar-refractivity contribution is 6.31. The van der Waals surface area contributed by atoms with Crippen LogP contribution in [0.3, 0.4) is 0 Å². The summed E-state index contributed by atoms with van der Waals surface area (Å²) < 4.78 is 7.37. The molecule has 0 amide bonds. The number of aryl methyl sites for hydroxylation is 1. The predicted octanol–water partition coefficient (Wildman–Crippen LogP) is 2.15. The maximum atomic E-state index is 6.11. The van der Waals surface area contributed by atoms with E-state index >= 15 is 0 Å². The van der Waals surface area contributed by atoms with Crippen molar-refractivity contribution < 1.29 is 4.74 Å². The van der Waals surface area contributed by atoms with E-state index in [-0.39, 0.29) is 6.04 Å². The van der Waals surface area contributed by atoms with Gasteiger partial charge in [-0.1, -0.05) is 25.4 Å². The van der Waals surface area contributed by atoms with Crippen LogP contribution in [-0.2, 0) is 11.8 Å². The molecule has 0 fully saturated rings. The first-order valence-corrected chi connectivity index (χ1v) is 6.07. The number of nitrogens with one attached hydrogen (secondary N) is 1. The van der Waals surface area contributed by atoms with E-state index in [9.17, 15) is 0 Å². The van der Waals surface area contributed by atoms with Crippen molar-refractivity contribution in [2.24, 2.45) is 7.05 Å². The molecule has 1 unspecified atom stereocenters. The van der Waals surface area contributed by atoms with Crippen LogP contribution in [-0.4, -0.2) is 29.5 Å². The largest absolute Gasteiger partial charge is 0.379 e. The second kappa shape index (κ2) is 6.89. The molecule has 0 saturated carbocycles. The van der Waals surface area contributed by atoms with Crippen molar-refractivity contribution in [2.75, 3.05) is 19.8 Å². The average Bonchev–Trinajstić information content (AvgIpc) is 2.58. The van der Waals surface area contributed by atoms with Crippen molar-refractivity contribution in [3.63, 3.8) is 0 Å². The molecule has 1 aromatic heterocycles. The number of halogens is 1. The lowest BCUT2D eigenvalue weighted by Gasteiger charge is -2.18. The van der Waals surface area contributed by atoms with Crippen LogP contribution in [0.2, 0.25) is 5.02 Å². The van der Waals surface area contributed by atoms with E-state index in [2.05, 4.69) is 24.3 Å². The van der Waals surface area contributed by atoms with Crippen LogP contribution in [0.15, 0.2) is 6.20 Å². The molecule has 1 heterocycles. The number of rotatable bonds is 7. The summed E-state index contributed by atoms with van der Waals surface area (Å²) in [5.41, 5.74) is 0.986. The van der Waals surface area contributed by atoms with Gasteiger partial charge in [0.2, 0.25) is 0 Å². The molecule has 0 aromatic carbocycles. The summed E-state index contributed by atoms with van der Waals surface area (Å²) in [6, 6.07) is 0.108. The normalized spacial score (nSPS) is 13.0. The molecule has 1 aromatic rings. The Morgan fingerprint density at radius 3 is 2.81 bits per heavy atom. The van der Waals surface area contributed by atoms with Crippen molar-refractivity contribution in [2.45, 2.75) is 26.3 Å². The van der Waals surface area contributed by atoms with Crippen LogP contribution < -0.4 is 5.32 Å². The minimum Gasteiger partial charge on any atom is -0.379 e. The Morgan fingerprint density at radius 1 is 1.56 bits per heavy atom. The van der Waals surface area contributed by atoms with Crippen LogP contribution in [0, 0.1) is 0 Å². The van der Waals surface area contributed by atoms with Gasteiger partial charge in [-0.15, -0.1) is 0 Å². The summed E-state index contributed by atoms with van der Waals surface area (Å²) in [4.78, 5) is 0. The molecular weight excluding hydrogens is 226 g/mol. The molecule has 0 radical (unpaired) electrons. The van der Waals surface area contributed by atoms with Gasteiger partial charge < -0.3 is 10.1 Å². The summed E-state index contributed by atoms with van der Waals surface area (Å²) in [5.74, 6) is 0. The first kappa shape index (κ1) is 13.5. The van der Waals surface area contributed by atoms with Crippen LogP contribution in [0.5, 0.6) is 0 Å². The molecule has 0 saturated heterocycles. The molecular formula is C11H20ClN3O. The van der Waals surface area contributed by atoms with E-state index in [1.54, 1.807) is 10.9 Å². The zero-order chi connectivity index (χ0) is 12.0. The molecule has 1 rings (SSSR count). The van der Waals surface area contributed by atoms with Gasteiger partial charge in [0.15, 0.2) is 0 Å². The molecule has 5 heteroatoms. The molecule has 92 valence electrons. The summed E-state index contributed by atoms with van der Waals surface area (Å²) in [6.07, 6.45) is 2.69. The van der Waals surface area contributed by atoms with E-state index < -0.39 is 0 Å². The first-order valence-electron chi connectivity index (χ1n) is 5.69. The van der Waals surface area contributed by atoms with Gasteiger partial charge >= 0.3 is 0 Å². The van der Waals surface area contributed by atoms with Gasteiger partial charge in [0.05, 0.1) is 29.6 Å². The maximum Gasteiger partial charge on any atom is 0.0834 e. The zero-order valence-electron chi connectivity index (χ0n) is 10.2. The van der Waals surface area contributed by atoms with Gasteiger partial charge in [-0.3, -0.25) is 4.68 Å². The van der Waals surface area contributed by atoms with Crippen LogP contribution >= 0.6 is 11.6 Å². The van der Waals surface area contributed by atoms with Crippen molar-refractivity contribution in [1.82, 2.24) is 15.1 Å². The quantitative estimate of drug-likeness (QED) is 0.749. The van der Waals surface area contributed by atoms with E-state index in [0.29, 0.717) is 11.6 Å². The number of nitrogens with zero attached hydrogens (tertiary/aromatic N) is 2. The summed E-state index contributed by atoms with van der Waals surface area (Å²) in [6.45, 7) is 6.44. The maximum absolute atomic E-state index is 6.11. The fourth-order valence-electron chi connectivity index (χ4n) is 1.64. The van der Waals surface area contributed by atoms with Gasteiger partial charge in [-0.2, -0.15) is 5.10 Å². The van der Waals surface area contributed by atoms with E-state index in [1.807, 2.05) is 7.05 Å². The predicted molar refractivity (Wildman–Crippen MR) is 65.7 cm³/mol. The Morgan fingerprint density at radius 2 is 2.31 bits per heavy atom. The average molecular weight is 246 g/mol. The molecule has 0 aliphatic heterocycles. The molecule has 0 bridgehead atoms. The van der Waals surface area contributed by atoms with Crippen molar-refractivity contribution in [3.8, 4) is 0 Å². The van der Waals surface area contributed by atoms with Crippen LogP contribution in [0.4, 0.5) is 0 Å². The fraction of sp³-hybridized carbons (Fsp3) is 0.727. The Labute approximate surface area is 102 Å². The topological polar surface area (TPSA) is 39.1 Å². The third kappa shape index (κ3) is 3.47. The monoisotopic (exact) mass is 245 g/mol. The molecule has 0 spiro atoms. The van der Waals surface area contributed by atoms with E-state index in [4.69, 9.17) is 16.3 Å². The van der Waals surface area contributed by atoms with Crippen LogP contribution in [0.1, 0.15) is 32.0 Å². The van der Waals surface area contributed by atoms with Crippen molar-refractivity contribution in [1.29, 1.82) is 0 Å². The summed E-state index contributed by atoms with van der Waals surface area (Å²) in [7, 11) is 1.89. The second-order valence-corrected chi connectivity index (χ2v) is 4.09. The minimum absolute atomic E-state index is 0.108. The fourth-order valence-corrected chi connectivity index (χ4v) is 1.94. The van der Waals surface area contributed by atoms with Gasteiger partial charge in [-0.25, -0.2) is 0 Å². The third-order valence-corrected chi connectivity index (χ3v) is 2.64. The smallest absolute Gasteiger partial charge is 0.0834 e. The van der Waals surface area contributed by atoms with E-state index in [0.717, 1.165) is 25.3 Å². The van der Waals surface area contributed by atoms with Crippen molar-refractivity contribution >= 4 is 11.6 Å². The standard InChI is InChI=1S/C11H20ClN3O/c1-4-6-16-8-10(13-5-2)11-9(12)7-14-15(11)3/h7,10,13H,4-6,8H2,1-3H3. The van der Waals surface area contributed by atoms with Crippen molar-refractivity contribution in [3.05, 3.63) is 16.9 Å². The molecule has 4 nitrogen and oxygen atoms in total. The van der Waals surface area contributed by atoms with Gasteiger partial charge in [0.1, 0.15) is 0 Å². The lowest BCUT2D eigenvalue weighted by molar-refractivity contribution is 0.110. The highest BCUT2D eigenvalue weighted by atomic mass is 35.5. The Kier molecular flexibility index (Phi) is 5.80. The van der Waals surface area contributed by atoms with Gasteiger partial charge in [-0.05, 0) is 13.0 Å². The Hall–Kier alpha value is -0.580. The number of ether oxygens (including phenoxy) is 1. The number of likely N-dealkylation sites (N-methyl/N-ethyl adjacent to an activating group) is 1. The molecule has 0 aliphatic rings. The zero-order valence-corrected chi connectivity index (χ0v) is 10.9. The second-order valence-electron chi connectivity index (χ2n) is 3.69. The first-order chi connectivity index (χ1) is 7.70. The van der Waals surface area contributed by atoms with Gasteiger partial charge in [0, 0.05) is 13.7 Å². The lowest BCUT2D eigenvalue weighted by atomic mass is 10.2. The highest BCUT2D eigenvalue weighted by Gasteiger charge is 2.18. The number of hydrogen-bond acceptors (Lipinski definition) is 3. The SMILES string of the molecule is CCCOCC(NCC)c1c(Cl)cnn1C. The lowest BCUT2D eigenvalue weighted by Crippen LogP contribution is -2.27. The van der Waals surface area contributed by atoms with Crippen LogP contribution in [0.25, 0.3) is 0 Å². The minimum atomic E-state index is 0.108.